The van der Waals surface area contributed by atoms with E-state index in [9.17, 15) is 69.7 Å². The first-order chi connectivity index (χ1) is 45.5. The number of allylic oxidation sites excluding steroid dienone is 7. The molecule has 0 fully saturated rings. The van der Waals surface area contributed by atoms with Gasteiger partial charge < -0.3 is 40.9 Å². The van der Waals surface area contributed by atoms with Gasteiger partial charge in [0.15, 0.2) is 5.71 Å². The van der Waals surface area contributed by atoms with Crippen LogP contribution >= 0.6 is 0 Å². The Morgan fingerprint density at radius 1 is 0.625 bits per heavy atom. The van der Waals surface area contributed by atoms with Crippen LogP contribution in [0, 0.1) is 11.8 Å². The van der Waals surface area contributed by atoms with E-state index in [0.717, 1.165) is 57.0 Å². The number of urea groups is 1. The summed E-state index contributed by atoms with van der Waals surface area (Å²) in [6.07, 6.45) is 11.3. The van der Waals surface area contributed by atoms with Crippen molar-refractivity contribution < 1.29 is 84.1 Å². The van der Waals surface area contributed by atoms with Gasteiger partial charge in [0.05, 0.1) is 22.8 Å². The third kappa shape index (κ3) is 22.0. The van der Waals surface area contributed by atoms with Crippen LogP contribution in [0.4, 0.5) is 16.2 Å². The standard InChI is InChI=1S/C72H89N5O17S2/c1-71(2)58-24-8-10-26-61(58)76(41-12-14-43-95(88,89)90)63(71)37-31-51-21-16-22-52(32-38-64-72(3,4)59-25-9-11-27-62(59)77(64)42-13-15-44-96(91,92)93)66(51)94-57-34-29-50(30-35-57)46-54(68(83)84)48-55(78)23-17-39-73-67(82)53(45-49-19-6-5-7-20-49)47-56(79)33-36-60(69(85)86)75-70(87)74-40-18-28-65(80)81/h5-11,19-20,24-27,29-32,34-35,37-38,53-54,60H,12-18,21-23,28,33,36,39-48H2,1-4H3,(H7-,73,74,75,80,81,82,83,84,85,86,87,88,89,90,91,92,93)/p+1/t53-,54?,60+/m1/s1. The fraction of sp³-hybridized carbons (Fsp3) is 0.444. The zero-order valence-electron chi connectivity index (χ0n) is 55.0. The van der Waals surface area contributed by atoms with Crippen molar-refractivity contribution in [3.05, 3.63) is 172 Å². The molecule has 516 valence electrons. The van der Waals surface area contributed by atoms with Gasteiger partial charge in [0, 0.05) is 98.6 Å². The summed E-state index contributed by atoms with van der Waals surface area (Å²) >= 11 is 0. The number of anilines is 1. The van der Waals surface area contributed by atoms with Crippen molar-refractivity contribution >= 4 is 78.7 Å². The van der Waals surface area contributed by atoms with Crippen LogP contribution in [0.5, 0.6) is 5.75 Å². The summed E-state index contributed by atoms with van der Waals surface area (Å²) in [6, 6.07) is 30.0. The molecule has 0 radical (unpaired) electrons. The van der Waals surface area contributed by atoms with Gasteiger partial charge in [-0.05, 0) is 143 Å². The highest BCUT2D eigenvalue weighted by Gasteiger charge is 2.44. The summed E-state index contributed by atoms with van der Waals surface area (Å²) in [5.41, 5.74) is 8.55. The molecule has 4 aromatic carbocycles. The lowest BCUT2D eigenvalue weighted by Gasteiger charge is -2.27. The van der Waals surface area contributed by atoms with Gasteiger partial charge in [-0.3, -0.25) is 33.1 Å². The zero-order valence-corrected chi connectivity index (χ0v) is 56.6. The molecule has 22 nitrogen and oxygen atoms in total. The number of hydrogen-bond donors (Lipinski definition) is 8. The van der Waals surface area contributed by atoms with E-state index in [-0.39, 0.29) is 107 Å². The lowest BCUT2D eigenvalue weighted by molar-refractivity contribution is -0.438. The van der Waals surface area contributed by atoms with E-state index in [1.165, 1.54) is 0 Å². The second-order valence-corrected chi connectivity index (χ2v) is 29.0. The van der Waals surface area contributed by atoms with E-state index >= 15 is 0 Å². The van der Waals surface area contributed by atoms with Gasteiger partial charge in [-0.25, -0.2) is 9.59 Å². The van der Waals surface area contributed by atoms with Gasteiger partial charge >= 0.3 is 23.9 Å². The van der Waals surface area contributed by atoms with Crippen LogP contribution in [0.2, 0.25) is 0 Å². The number of nitrogens with zero attached hydrogens (tertiary/aromatic N) is 2. The van der Waals surface area contributed by atoms with Crippen LogP contribution in [-0.2, 0) is 72.7 Å². The first-order valence-corrected chi connectivity index (χ1v) is 35.9. The fourth-order valence-electron chi connectivity index (χ4n) is 12.7. The summed E-state index contributed by atoms with van der Waals surface area (Å²) in [4.78, 5) is 90.3. The molecular weight excluding hydrogens is 1270 g/mol. The van der Waals surface area contributed by atoms with Crippen molar-refractivity contribution in [1.29, 1.82) is 0 Å². The molecule has 7 rings (SSSR count). The van der Waals surface area contributed by atoms with Gasteiger partial charge in [-0.15, -0.1) is 0 Å². The first-order valence-electron chi connectivity index (χ1n) is 32.7. The molecule has 2 aliphatic heterocycles. The first kappa shape index (κ1) is 74.8. The molecule has 1 unspecified atom stereocenters. The Kier molecular flexibility index (Phi) is 26.8. The molecule has 3 atom stereocenters. The Morgan fingerprint density at radius 2 is 1.23 bits per heavy atom. The van der Waals surface area contributed by atoms with Gasteiger partial charge in [0.1, 0.15) is 35.7 Å². The summed E-state index contributed by atoms with van der Waals surface area (Å²) in [5.74, 6) is -6.31. The van der Waals surface area contributed by atoms with Crippen LogP contribution in [-0.4, -0.2) is 137 Å². The van der Waals surface area contributed by atoms with E-state index in [0.29, 0.717) is 55.8 Å². The van der Waals surface area contributed by atoms with Crippen LogP contribution in [0.25, 0.3) is 0 Å². The van der Waals surface area contributed by atoms with Crippen molar-refractivity contribution in [2.24, 2.45) is 11.8 Å². The number of aliphatic carboxylic acids is 3. The van der Waals surface area contributed by atoms with Gasteiger partial charge in [-0.2, -0.15) is 21.4 Å². The van der Waals surface area contributed by atoms with Crippen LogP contribution in [0.15, 0.2) is 150 Å². The number of hydrogen-bond acceptors (Lipinski definition) is 13. The van der Waals surface area contributed by atoms with Crippen molar-refractivity contribution in [2.75, 3.05) is 42.6 Å². The number of Topliss-reactive ketones (excluding diaryl/α,β-unsaturated/α-hetero) is 2. The number of carboxylic acids is 3. The van der Waals surface area contributed by atoms with E-state index in [1.54, 1.807) is 54.6 Å². The second-order valence-electron chi connectivity index (χ2n) is 25.8. The van der Waals surface area contributed by atoms with Gasteiger partial charge in [0.25, 0.3) is 20.2 Å². The molecule has 96 heavy (non-hydrogen) atoms. The molecule has 2 heterocycles. The summed E-state index contributed by atoms with van der Waals surface area (Å²) in [6.45, 7) is 9.65. The minimum Gasteiger partial charge on any atom is -0.481 e. The molecule has 8 N–H and O–H groups in total. The highest BCUT2D eigenvalue weighted by molar-refractivity contribution is 7.86. The summed E-state index contributed by atoms with van der Waals surface area (Å²) in [7, 11) is -8.27. The number of ether oxygens (including phenoxy) is 1. The van der Waals surface area contributed by atoms with Gasteiger partial charge in [-0.1, -0.05) is 98.8 Å². The molecule has 0 spiro atoms. The Hall–Kier alpha value is -8.58. The molecule has 0 saturated carbocycles. The number of unbranched alkanes of at least 4 members (excludes halogenated alkanes) is 2. The lowest BCUT2D eigenvalue weighted by atomic mass is 9.81. The Balaban J connectivity index is 1.05. The van der Waals surface area contributed by atoms with Gasteiger partial charge in [0.2, 0.25) is 11.6 Å². The number of carbonyl (C=O) groups is 7. The predicted molar refractivity (Wildman–Crippen MR) is 365 cm³/mol. The smallest absolute Gasteiger partial charge is 0.326 e. The number of nitrogens with one attached hydrogen (secondary N) is 3. The largest absolute Gasteiger partial charge is 0.481 e. The van der Waals surface area contributed by atoms with E-state index in [1.807, 2.05) is 36.4 Å². The Bertz CT molecular complexity index is 3870. The lowest BCUT2D eigenvalue weighted by Crippen LogP contribution is -2.46. The maximum absolute atomic E-state index is 13.7. The maximum atomic E-state index is 13.7. The molecule has 3 amide bonds. The molecule has 0 bridgehead atoms. The van der Waals surface area contributed by atoms with Crippen LogP contribution in [0.1, 0.15) is 146 Å². The molecule has 1 aliphatic carbocycles. The molecule has 0 aromatic heterocycles. The minimum absolute atomic E-state index is 0.00404. The second kappa shape index (κ2) is 34.4. The average molecular weight is 1360 g/mol. The molecular formula is C72H90N5O17S2+. The monoisotopic (exact) mass is 1360 g/mol. The topological polar surface area (TPSA) is 340 Å². The van der Waals surface area contributed by atoms with E-state index in [4.69, 9.17) is 9.84 Å². The summed E-state index contributed by atoms with van der Waals surface area (Å²) in [5, 5.41) is 36.4. The molecule has 3 aliphatic rings. The number of ketones is 2. The number of para-hydroxylation sites is 2. The van der Waals surface area contributed by atoms with Crippen molar-refractivity contribution in [3.8, 4) is 5.75 Å². The Morgan fingerprint density at radius 3 is 1.91 bits per heavy atom. The average Bonchev–Trinajstić information content (AvgIpc) is 1.61. The van der Waals surface area contributed by atoms with Crippen molar-refractivity contribution in [3.63, 3.8) is 0 Å². The number of carboxylic acid groups (broad SMARTS) is 3. The fourth-order valence-corrected chi connectivity index (χ4v) is 13.8. The van der Waals surface area contributed by atoms with Crippen molar-refractivity contribution in [2.45, 2.75) is 154 Å². The van der Waals surface area contributed by atoms with E-state index < -0.39 is 84.6 Å². The third-order valence-electron chi connectivity index (χ3n) is 17.7. The van der Waals surface area contributed by atoms with E-state index in [2.05, 4.69) is 89.6 Å². The molecule has 24 heteroatoms. The third-order valence-corrected chi connectivity index (χ3v) is 19.4. The number of carbonyl (C=O) groups excluding carboxylic acids is 4. The number of benzene rings is 4. The quantitative estimate of drug-likeness (QED) is 0.0117. The van der Waals surface area contributed by atoms with Crippen LogP contribution < -0.4 is 25.6 Å². The SMILES string of the molecule is CC1(C)C(=CC=C2CCCC(C=CC3=[N+](CCCCS(=O)(=O)O)c4ccccc4C3(C)C)=C2Oc2ccc(CC(CC(=O)CCCNC(=O)[C@@H](CC(=O)CC[C@H](NC(=O)NCCCC(=O)O)C(=O)O)Cc3ccccc3)C(=O)O)cc2)N(CCCCS(=O)(=O)O)c2ccccc21. The van der Waals surface area contributed by atoms with Crippen molar-refractivity contribution in [1.82, 2.24) is 16.0 Å². The highest BCUT2D eigenvalue weighted by atomic mass is 32.2. The number of amides is 3. The zero-order chi connectivity index (χ0) is 69.8. The minimum atomic E-state index is -4.14. The predicted octanol–water partition coefficient (Wildman–Crippen LogP) is 10.4. The molecule has 0 saturated heterocycles. The number of fused-ring (bicyclic) bond motifs is 2. The Labute approximate surface area is 562 Å². The number of rotatable bonds is 38. The highest BCUT2D eigenvalue weighted by Crippen LogP contribution is 2.48. The normalized spacial score (nSPS) is 16.8. The maximum Gasteiger partial charge on any atom is 0.326 e. The van der Waals surface area contributed by atoms with Crippen LogP contribution in [0.3, 0.4) is 0 Å². The summed E-state index contributed by atoms with van der Waals surface area (Å²) < 4.78 is 74.8. The molecule has 4 aromatic rings.